The monoisotopic (exact) mass is 250 g/mol. The van der Waals surface area contributed by atoms with Crippen LogP contribution >= 0.6 is 0 Å². The lowest BCUT2D eigenvalue weighted by Crippen LogP contribution is -2.27. The minimum Gasteiger partial charge on any atom is -0.402 e. The molecule has 0 aliphatic rings. The molecule has 4 heteroatoms. The highest BCUT2D eigenvalue weighted by atomic mass is 17.2. The van der Waals surface area contributed by atoms with Crippen molar-refractivity contribution in [2.24, 2.45) is 0 Å². The van der Waals surface area contributed by atoms with Crippen molar-refractivity contribution in [3.05, 3.63) is 48.7 Å². The summed E-state index contributed by atoms with van der Waals surface area (Å²) in [6.07, 6.45) is 1.63. The average Bonchev–Trinajstić information content (AvgIpc) is 2.36. The van der Waals surface area contributed by atoms with Crippen molar-refractivity contribution in [2.45, 2.75) is 32.3 Å². The van der Waals surface area contributed by atoms with Crippen LogP contribution in [0.4, 0.5) is 4.79 Å². The predicted molar refractivity (Wildman–Crippen MR) is 67.7 cm³/mol. The minimum atomic E-state index is -0.919. The van der Waals surface area contributed by atoms with Crippen LogP contribution in [-0.2, 0) is 20.9 Å². The third-order valence-corrected chi connectivity index (χ3v) is 2.37. The first-order valence-corrected chi connectivity index (χ1v) is 5.74. The molecule has 0 fully saturated rings. The molecule has 0 bridgehead atoms. The summed E-state index contributed by atoms with van der Waals surface area (Å²) in [7, 11) is 0. The topological polar surface area (TPSA) is 44.8 Å². The van der Waals surface area contributed by atoms with Crippen LogP contribution in [0.3, 0.4) is 0 Å². The van der Waals surface area contributed by atoms with E-state index in [9.17, 15) is 4.79 Å². The van der Waals surface area contributed by atoms with Crippen LogP contribution in [0.15, 0.2) is 43.2 Å². The molecule has 0 aliphatic carbocycles. The van der Waals surface area contributed by atoms with Crippen LogP contribution in [0.2, 0.25) is 0 Å². The maximum absolute atomic E-state index is 10.9. The zero-order valence-electron chi connectivity index (χ0n) is 10.7. The minimum absolute atomic E-state index is 0.573. The van der Waals surface area contributed by atoms with Crippen LogP contribution in [0.1, 0.15) is 25.8 Å². The maximum atomic E-state index is 10.9. The Morgan fingerprint density at radius 1 is 1.33 bits per heavy atom. The van der Waals surface area contributed by atoms with Gasteiger partial charge in [0, 0.05) is 0 Å². The zero-order valence-corrected chi connectivity index (χ0v) is 10.7. The third-order valence-electron chi connectivity index (χ3n) is 2.37. The Hall–Kier alpha value is -1.81. The van der Waals surface area contributed by atoms with E-state index in [2.05, 4.69) is 16.2 Å². The van der Waals surface area contributed by atoms with Gasteiger partial charge in [0.1, 0.15) is 5.60 Å². The molecule has 0 atom stereocenters. The summed E-state index contributed by atoms with van der Waals surface area (Å²) in [5, 5.41) is 0. The van der Waals surface area contributed by atoms with Crippen LogP contribution in [0, 0.1) is 0 Å². The summed E-state index contributed by atoms with van der Waals surface area (Å²) in [6, 6.07) is 10.0. The second-order valence-corrected chi connectivity index (χ2v) is 4.45. The standard InChI is InChI=1S/C14H18O4/c1-4-16-13(15)17-18-14(2,3)11-10-12-8-6-5-7-9-12/h4-9H,1,10-11H2,2-3H3. The lowest BCUT2D eigenvalue weighted by molar-refractivity contribution is -0.316. The van der Waals surface area contributed by atoms with Crippen LogP contribution in [0.25, 0.3) is 0 Å². The van der Waals surface area contributed by atoms with Crippen molar-refractivity contribution in [1.29, 1.82) is 0 Å². The van der Waals surface area contributed by atoms with E-state index in [4.69, 9.17) is 4.89 Å². The van der Waals surface area contributed by atoms with Gasteiger partial charge in [0.25, 0.3) is 0 Å². The summed E-state index contributed by atoms with van der Waals surface area (Å²) < 4.78 is 4.38. The molecule has 0 unspecified atom stereocenters. The van der Waals surface area contributed by atoms with Gasteiger partial charge in [-0.1, -0.05) is 36.9 Å². The molecule has 4 nitrogen and oxygen atoms in total. The molecule has 0 radical (unpaired) electrons. The molecule has 0 saturated carbocycles. The van der Waals surface area contributed by atoms with Crippen LogP contribution in [-0.4, -0.2) is 11.8 Å². The number of hydrogen-bond donors (Lipinski definition) is 0. The van der Waals surface area contributed by atoms with Gasteiger partial charge in [-0.15, -0.1) is 0 Å². The highest BCUT2D eigenvalue weighted by molar-refractivity contribution is 5.59. The number of hydrogen-bond acceptors (Lipinski definition) is 4. The van der Waals surface area contributed by atoms with Gasteiger partial charge < -0.3 is 4.74 Å². The van der Waals surface area contributed by atoms with Crippen LogP contribution in [0.5, 0.6) is 0 Å². The van der Waals surface area contributed by atoms with E-state index in [1.54, 1.807) is 0 Å². The fourth-order valence-electron chi connectivity index (χ4n) is 1.37. The zero-order chi connectivity index (χ0) is 13.4. The summed E-state index contributed by atoms with van der Waals surface area (Å²) >= 11 is 0. The molecule has 0 saturated heterocycles. The fraction of sp³-hybridized carbons (Fsp3) is 0.357. The molecule has 1 rings (SSSR count). The highest BCUT2D eigenvalue weighted by Gasteiger charge is 2.22. The van der Waals surface area contributed by atoms with Gasteiger partial charge in [0.2, 0.25) is 0 Å². The average molecular weight is 250 g/mol. The smallest absolute Gasteiger partial charge is 0.402 e. The number of benzene rings is 1. The van der Waals surface area contributed by atoms with Crippen LogP contribution < -0.4 is 0 Å². The Balaban J connectivity index is 2.35. The summed E-state index contributed by atoms with van der Waals surface area (Å²) in [5.74, 6) is 0. The Kier molecular flexibility index (Phi) is 5.39. The van der Waals surface area contributed by atoms with E-state index in [0.717, 1.165) is 19.1 Å². The first kappa shape index (κ1) is 14.3. The van der Waals surface area contributed by atoms with E-state index < -0.39 is 11.8 Å². The van der Waals surface area contributed by atoms with E-state index in [-0.39, 0.29) is 0 Å². The molecule has 98 valence electrons. The third kappa shape index (κ3) is 5.50. The van der Waals surface area contributed by atoms with Gasteiger partial charge in [-0.05, 0) is 32.3 Å². The van der Waals surface area contributed by atoms with Crippen molar-refractivity contribution in [3.8, 4) is 0 Å². The molecule has 0 aromatic heterocycles. The Morgan fingerprint density at radius 3 is 2.61 bits per heavy atom. The number of carbonyl (C=O) groups excluding carboxylic acids is 1. The number of ether oxygens (including phenoxy) is 1. The molecule has 1 aromatic carbocycles. The summed E-state index contributed by atoms with van der Waals surface area (Å²) in [6.45, 7) is 6.93. The van der Waals surface area contributed by atoms with Gasteiger partial charge in [-0.25, -0.2) is 4.79 Å². The second-order valence-electron chi connectivity index (χ2n) is 4.45. The molecule has 0 aliphatic heterocycles. The Morgan fingerprint density at radius 2 is 2.00 bits per heavy atom. The predicted octanol–water partition coefficient (Wildman–Crippen LogP) is 3.63. The lowest BCUT2D eigenvalue weighted by atomic mass is 9.99. The Labute approximate surface area is 107 Å². The summed E-state index contributed by atoms with van der Waals surface area (Å²) in [5.41, 5.74) is 0.638. The first-order chi connectivity index (χ1) is 8.53. The van der Waals surface area contributed by atoms with Gasteiger partial charge in [-0.3, -0.25) is 4.89 Å². The lowest BCUT2D eigenvalue weighted by Gasteiger charge is -2.22. The summed E-state index contributed by atoms with van der Waals surface area (Å²) in [4.78, 5) is 20.5. The number of aryl methyl sites for hydroxylation is 1. The molecule has 0 amide bonds. The normalized spacial score (nSPS) is 10.8. The number of carbonyl (C=O) groups is 1. The maximum Gasteiger partial charge on any atom is 0.545 e. The quantitative estimate of drug-likeness (QED) is 0.335. The van der Waals surface area contributed by atoms with Crippen molar-refractivity contribution in [1.82, 2.24) is 0 Å². The highest BCUT2D eigenvalue weighted by Crippen LogP contribution is 2.18. The van der Waals surface area contributed by atoms with E-state index in [1.165, 1.54) is 5.56 Å². The fourth-order valence-corrected chi connectivity index (χ4v) is 1.37. The largest absolute Gasteiger partial charge is 0.545 e. The number of rotatable bonds is 6. The van der Waals surface area contributed by atoms with E-state index >= 15 is 0 Å². The first-order valence-electron chi connectivity index (χ1n) is 5.74. The van der Waals surface area contributed by atoms with E-state index in [1.807, 2.05) is 44.2 Å². The van der Waals surface area contributed by atoms with Gasteiger partial charge in [0.15, 0.2) is 0 Å². The molecule has 1 aromatic rings. The van der Waals surface area contributed by atoms with Crippen molar-refractivity contribution in [2.75, 3.05) is 0 Å². The molecule has 0 heterocycles. The van der Waals surface area contributed by atoms with Crippen molar-refractivity contribution < 1.29 is 19.3 Å². The van der Waals surface area contributed by atoms with Gasteiger partial charge in [-0.2, -0.15) is 4.89 Å². The SMILES string of the molecule is C=COC(=O)OOC(C)(C)CCc1ccccc1. The molecule has 0 N–H and O–H groups in total. The van der Waals surface area contributed by atoms with Gasteiger partial charge in [0.05, 0.1) is 6.26 Å². The molecule has 0 spiro atoms. The van der Waals surface area contributed by atoms with E-state index in [0.29, 0.717) is 0 Å². The van der Waals surface area contributed by atoms with Gasteiger partial charge >= 0.3 is 6.16 Å². The second kappa shape index (κ2) is 6.81. The Bertz CT molecular complexity index is 384. The van der Waals surface area contributed by atoms with Crippen molar-refractivity contribution >= 4 is 6.16 Å². The molecule has 18 heavy (non-hydrogen) atoms. The molecular formula is C14H18O4. The van der Waals surface area contributed by atoms with Crippen molar-refractivity contribution in [3.63, 3.8) is 0 Å². The molecular weight excluding hydrogens is 232 g/mol.